The average Bonchev–Trinajstić information content (AvgIpc) is 3.09. The van der Waals surface area contributed by atoms with Crippen molar-refractivity contribution in [3.8, 4) is 17.2 Å². The molecule has 0 aromatic heterocycles. The molecule has 4 rings (SSSR count). The lowest BCUT2D eigenvalue weighted by Gasteiger charge is -2.37. The van der Waals surface area contributed by atoms with Crippen molar-refractivity contribution in [1.82, 2.24) is 4.72 Å². The lowest BCUT2D eigenvalue weighted by Crippen LogP contribution is -2.41. The van der Waals surface area contributed by atoms with E-state index in [4.69, 9.17) is 14.2 Å². The van der Waals surface area contributed by atoms with Crippen molar-refractivity contribution < 1.29 is 32.2 Å². The normalized spacial score (nSPS) is 19.8. The van der Waals surface area contributed by atoms with Crippen LogP contribution in [0.2, 0.25) is 0 Å². The third-order valence-electron chi connectivity index (χ3n) is 5.72. The van der Waals surface area contributed by atoms with E-state index in [2.05, 4.69) is 4.72 Å². The number of methoxy groups -OCH3 is 2. The fraction of sp³-hybridized carbons (Fsp3) is 0.391. The van der Waals surface area contributed by atoms with E-state index in [-0.39, 0.29) is 29.2 Å². The number of sulfonamides is 1. The minimum atomic E-state index is -4.04. The van der Waals surface area contributed by atoms with Crippen LogP contribution in [-0.2, 0) is 19.6 Å². The fourth-order valence-corrected chi connectivity index (χ4v) is 5.41. The van der Waals surface area contributed by atoms with E-state index in [0.717, 1.165) is 4.90 Å². The highest BCUT2D eigenvalue weighted by molar-refractivity contribution is 7.89. The molecule has 33 heavy (non-hydrogen) atoms. The van der Waals surface area contributed by atoms with Crippen molar-refractivity contribution in [2.24, 2.45) is 0 Å². The minimum Gasteiger partial charge on any atom is -0.497 e. The Morgan fingerprint density at radius 1 is 1.03 bits per heavy atom. The van der Waals surface area contributed by atoms with Crippen LogP contribution >= 0.6 is 0 Å². The van der Waals surface area contributed by atoms with Gasteiger partial charge in [0.15, 0.2) is 0 Å². The van der Waals surface area contributed by atoms with E-state index in [1.165, 1.54) is 32.4 Å². The number of anilines is 1. The molecule has 2 amide bonds. The van der Waals surface area contributed by atoms with Crippen molar-refractivity contribution >= 4 is 27.5 Å². The third kappa shape index (κ3) is 4.40. The number of nitrogens with one attached hydrogen (secondary N) is 1. The van der Waals surface area contributed by atoms with E-state index in [1.807, 2.05) is 13.8 Å². The van der Waals surface area contributed by atoms with Crippen LogP contribution < -0.4 is 23.8 Å². The van der Waals surface area contributed by atoms with Gasteiger partial charge < -0.3 is 14.2 Å². The number of hydrogen-bond donors (Lipinski definition) is 1. The highest BCUT2D eigenvalue weighted by atomic mass is 32.2. The maximum Gasteiger partial charge on any atom is 0.241 e. The predicted octanol–water partition coefficient (Wildman–Crippen LogP) is 2.94. The monoisotopic (exact) mass is 474 g/mol. The molecule has 1 fully saturated rings. The Labute approximate surface area is 192 Å². The molecule has 0 radical (unpaired) electrons. The topological polar surface area (TPSA) is 111 Å². The first-order valence-corrected chi connectivity index (χ1v) is 12.0. The van der Waals surface area contributed by atoms with E-state index in [0.29, 0.717) is 23.5 Å². The lowest BCUT2D eigenvalue weighted by atomic mass is 9.90. The maximum atomic E-state index is 13.4. The van der Waals surface area contributed by atoms with E-state index in [9.17, 15) is 18.0 Å². The quantitative estimate of drug-likeness (QED) is 0.641. The van der Waals surface area contributed by atoms with Crippen LogP contribution in [0.1, 0.15) is 44.7 Å². The number of nitrogens with zero attached hydrogens (tertiary/aromatic N) is 1. The zero-order valence-electron chi connectivity index (χ0n) is 18.9. The summed E-state index contributed by atoms with van der Waals surface area (Å²) in [6.45, 7) is 3.77. The van der Waals surface area contributed by atoms with Gasteiger partial charge in [-0.05, 0) is 50.2 Å². The number of carbonyl (C=O) groups is 2. The van der Waals surface area contributed by atoms with E-state index in [1.54, 1.807) is 18.2 Å². The number of imide groups is 1. The Hall–Kier alpha value is -3.11. The molecule has 2 aliphatic heterocycles. The first-order chi connectivity index (χ1) is 15.5. The first-order valence-electron chi connectivity index (χ1n) is 10.5. The van der Waals surface area contributed by atoms with Crippen molar-refractivity contribution in [2.45, 2.75) is 49.6 Å². The fourth-order valence-electron chi connectivity index (χ4n) is 4.18. The molecular weight excluding hydrogens is 448 g/mol. The number of benzene rings is 2. The molecule has 0 aliphatic carbocycles. The molecular formula is C23H26N2O7S. The summed E-state index contributed by atoms with van der Waals surface area (Å²) in [5.41, 5.74) is 0.173. The van der Waals surface area contributed by atoms with Gasteiger partial charge in [-0.25, -0.2) is 18.0 Å². The van der Waals surface area contributed by atoms with Crippen molar-refractivity contribution in [3.05, 3.63) is 42.0 Å². The first kappa shape index (κ1) is 23.1. The minimum absolute atomic E-state index is 0.0764. The summed E-state index contributed by atoms with van der Waals surface area (Å²) in [5.74, 6) is 0.600. The molecule has 0 bridgehead atoms. The summed E-state index contributed by atoms with van der Waals surface area (Å²) in [4.78, 5) is 25.4. The van der Waals surface area contributed by atoms with Gasteiger partial charge in [0.2, 0.25) is 21.8 Å². The molecule has 1 N–H and O–H groups in total. The van der Waals surface area contributed by atoms with Gasteiger partial charge in [-0.3, -0.25) is 9.59 Å². The largest absolute Gasteiger partial charge is 0.497 e. The number of carbonyl (C=O) groups excluding carboxylic acids is 2. The van der Waals surface area contributed by atoms with Gasteiger partial charge in [-0.1, -0.05) is 0 Å². The predicted molar refractivity (Wildman–Crippen MR) is 120 cm³/mol. The van der Waals surface area contributed by atoms with Crippen molar-refractivity contribution in [3.63, 3.8) is 0 Å². The van der Waals surface area contributed by atoms with E-state index < -0.39 is 33.5 Å². The SMILES string of the molecule is COc1ccc2c(c1)[C@@H](NS(=O)(=O)c1ccc(OC)c(N3C(=O)CCC3=O)c1)CC(C)(C)O2. The smallest absolute Gasteiger partial charge is 0.241 e. The lowest BCUT2D eigenvalue weighted by molar-refractivity contribution is -0.121. The Morgan fingerprint density at radius 3 is 2.36 bits per heavy atom. The number of rotatable bonds is 6. The molecule has 2 heterocycles. The Morgan fingerprint density at radius 2 is 1.73 bits per heavy atom. The zero-order valence-corrected chi connectivity index (χ0v) is 19.7. The van der Waals surface area contributed by atoms with E-state index >= 15 is 0 Å². The Kier molecular flexibility index (Phi) is 5.83. The number of hydrogen-bond acceptors (Lipinski definition) is 7. The van der Waals surface area contributed by atoms with Crippen LogP contribution in [0, 0.1) is 0 Å². The zero-order chi connectivity index (χ0) is 24.0. The van der Waals surface area contributed by atoms with Crippen LogP contribution in [0.4, 0.5) is 5.69 Å². The molecule has 9 nitrogen and oxygen atoms in total. The summed E-state index contributed by atoms with van der Waals surface area (Å²) in [6, 6.07) is 8.79. The average molecular weight is 475 g/mol. The molecule has 0 saturated carbocycles. The second kappa shape index (κ2) is 8.35. The molecule has 2 aromatic rings. The molecule has 10 heteroatoms. The molecule has 1 saturated heterocycles. The van der Waals surface area contributed by atoms with Gasteiger partial charge in [-0.15, -0.1) is 0 Å². The molecule has 2 aliphatic rings. The van der Waals surface area contributed by atoms with Gasteiger partial charge in [0.25, 0.3) is 0 Å². The highest BCUT2D eigenvalue weighted by Gasteiger charge is 2.37. The van der Waals surface area contributed by atoms with Crippen LogP contribution in [0.15, 0.2) is 41.3 Å². The number of ether oxygens (including phenoxy) is 3. The molecule has 1 atom stereocenters. The van der Waals surface area contributed by atoms with Gasteiger partial charge >= 0.3 is 0 Å². The van der Waals surface area contributed by atoms with Gasteiger partial charge in [0, 0.05) is 24.8 Å². The summed E-state index contributed by atoms with van der Waals surface area (Å²) in [7, 11) is -1.11. The van der Waals surface area contributed by atoms with Crippen LogP contribution in [-0.4, -0.2) is 40.1 Å². The third-order valence-corrected chi connectivity index (χ3v) is 7.19. The molecule has 2 aromatic carbocycles. The standard InChI is InChI=1S/C23H26N2O7S/c1-23(2)13-17(16-11-14(30-3)5-7-19(16)32-23)24-33(28,29)15-6-8-20(31-4)18(12-15)25-21(26)9-10-22(25)27/h5-8,11-12,17,24H,9-10,13H2,1-4H3/t17-/m0/s1. The Balaban J connectivity index is 1.72. The van der Waals surface area contributed by atoms with Crippen molar-refractivity contribution in [2.75, 3.05) is 19.1 Å². The summed E-state index contributed by atoms with van der Waals surface area (Å²) < 4.78 is 46.1. The Bertz CT molecular complexity index is 1210. The number of amides is 2. The van der Waals surface area contributed by atoms with Crippen LogP contribution in [0.25, 0.3) is 0 Å². The summed E-state index contributed by atoms with van der Waals surface area (Å²) >= 11 is 0. The highest BCUT2D eigenvalue weighted by Crippen LogP contribution is 2.42. The second-order valence-electron chi connectivity index (χ2n) is 8.60. The van der Waals surface area contributed by atoms with Gasteiger partial charge in [0.05, 0.1) is 30.8 Å². The van der Waals surface area contributed by atoms with Gasteiger partial charge in [0.1, 0.15) is 22.8 Å². The maximum absolute atomic E-state index is 13.4. The second-order valence-corrected chi connectivity index (χ2v) is 10.3. The summed E-state index contributed by atoms with van der Waals surface area (Å²) in [6.07, 6.45) is 0.540. The molecule has 176 valence electrons. The van der Waals surface area contributed by atoms with Crippen LogP contribution in [0.3, 0.4) is 0 Å². The number of fused-ring (bicyclic) bond motifs is 1. The molecule has 0 spiro atoms. The molecule has 0 unspecified atom stereocenters. The van der Waals surface area contributed by atoms with Gasteiger partial charge in [-0.2, -0.15) is 0 Å². The van der Waals surface area contributed by atoms with Crippen LogP contribution in [0.5, 0.6) is 17.2 Å². The van der Waals surface area contributed by atoms with Crippen molar-refractivity contribution in [1.29, 1.82) is 0 Å². The summed E-state index contributed by atoms with van der Waals surface area (Å²) in [5, 5.41) is 0.